The number of carbonyl (C=O) groups excluding carboxylic acids is 2. The van der Waals surface area contributed by atoms with Gasteiger partial charge in [0.05, 0.1) is 12.5 Å². The van der Waals surface area contributed by atoms with Crippen LogP contribution in [0.5, 0.6) is 11.5 Å². The molecule has 10 nitrogen and oxygen atoms in total. The molecule has 36 heavy (non-hydrogen) atoms. The van der Waals surface area contributed by atoms with Crippen molar-refractivity contribution in [3.8, 4) is 11.5 Å². The second-order valence-electron chi connectivity index (χ2n) is 8.19. The molecular formula is C25H29O10P. The van der Waals surface area contributed by atoms with Crippen molar-refractivity contribution in [1.82, 2.24) is 0 Å². The molecule has 0 radical (unpaired) electrons. The van der Waals surface area contributed by atoms with E-state index in [2.05, 4.69) is 0 Å². The van der Waals surface area contributed by atoms with E-state index in [1.807, 2.05) is 0 Å². The summed E-state index contributed by atoms with van der Waals surface area (Å²) in [5.74, 6) is -3.75. The molecule has 2 aromatic rings. The van der Waals surface area contributed by atoms with Gasteiger partial charge >= 0.3 is 23.9 Å². The van der Waals surface area contributed by atoms with Gasteiger partial charge in [0.2, 0.25) is 7.37 Å². The van der Waals surface area contributed by atoms with E-state index in [0.717, 1.165) is 5.56 Å². The van der Waals surface area contributed by atoms with Crippen LogP contribution in [0.3, 0.4) is 0 Å². The standard InChI is InChI=1S/C25H29O10P/c1-17(26)34-22-8-3-19(4-9-22)13-14-36(32,16-21(25(30)31)7-12-24(28)29)33-15-20-5-10-23(11-6-20)35-18(2)27/h3-6,8-11,21H,7,12-16H2,1-2H3,(H,28,29)(H,30,31). The Hall–Kier alpha value is -3.49. The van der Waals surface area contributed by atoms with Crippen LogP contribution >= 0.6 is 7.37 Å². The summed E-state index contributed by atoms with van der Waals surface area (Å²) >= 11 is 0. The summed E-state index contributed by atoms with van der Waals surface area (Å²) in [7, 11) is -3.53. The highest BCUT2D eigenvalue weighted by Gasteiger charge is 2.32. The average molecular weight is 520 g/mol. The molecule has 0 aliphatic heterocycles. The van der Waals surface area contributed by atoms with Crippen molar-refractivity contribution in [3.05, 3.63) is 59.7 Å². The Morgan fingerprint density at radius 3 is 1.78 bits per heavy atom. The Bertz CT molecular complexity index is 1040. The molecule has 0 aliphatic rings. The van der Waals surface area contributed by atoms with Gasteiger partial charge in [0, 0.05) is 32.6 Å². The maximum atomic E-state index is 13.8. The highest BCUT2D eigenvalue weighted by molar-refractivity contribution is 7.59. The van der Waals surface area contributed by atoms with Crippen molar-refractivity contribution in [1.29, 1.82) is 0 Å². The van der Waals surface area contributed by atoms with Crippen LogP contribution in [0, 0.1) is 5.92 Å². The Kier molecular flexibility index (Phi) is 10.8. The minimum atomic E-state index is -3.53. The second kappa shape index (κ2) is 13.6. The van der Waals surface area contributed by atoms with Gasteiger partial charge in [0.15, 0.2) is 0 Å². The van der Waals surface area contributed by atoms with Crippen LogP contribution in [0.1, 0.15) is 37.8 Å². The smallest absolute Gasteiger partial charge is 0.308 e. The summed E-state index contributed by atoms with van der Waals surface area (Å²) in [6.45, 7) is 2.49. The van der Waals surface area contributed by atoms with Gasteiger partial charge in [-0.3, -0.25) is 23.7 Å². The topological polar surface area (TPSA) is 154 Å². The minimum absolute atomic E-state index is 0.0301. The number of aliphatic carboxylic acids is 2. The van der Waals surface area contributed by atoms with Gasteiger partial charge in [0.25, 0.3) is 0 Å². The molecule has 0 heterocycles. The zero-order chi connectivity index (χ0) is 26.7. The number of carboxylic acid groups (broad SMARTS) is 2. The molecule has 0 aromatic heterocycles. The first-order valence-corrected chi connectivity index (χ1v) is 13.2. The number of hydrogen-bond acceptors (Lipinski definition) is 8. The van der Waals surface area contributed by atoms with E-state index < -0.39 is 37.2 Å². The highest BCUT2D eigenvalue weighted by Crippen LogP contribution is 2.50. The summed E-state index contributed by atoms with van der Waals surface area (Å²) in [5.41, 5.74) is 1.41. The van der Waals surface area contributed by atoms with E-state index >= 15 is 0 Å². The van der Waals surface area contributed by atoms with Crippen molar-refractivity contribution in [2.45, 2.75) is 39.7 Å². The third kappa shape index (κ3) is 10.4. The molecule has 0 saturated carbocycles. The molecule has 2 N–H and O–H groups in total. The number of carboxylic acids is 2. The van der Waals surface area contributed by atoms with Crippen LogP contribution in [0.4, 0.5) is 0 Å². The molecule has 0 aliphatic carbocycles. The first-order valence-electron chi connectivity index (χ1n) is 11.2. The second-order valence-corrected chi connectivity index (χ2v) is 10.9. The number of aryl methyl sites for hydroxylation is 1. The van der Waals surface area contributed by atoms with Crippen LogP contribution in [-0.2, 0) is 41.3 Å². The van der Waals surface area contributed by atoms with Crippen molar-refractivity contribution in [3.63, 3.8) is 0 Å². The van der Waals surface area contributed by atoms with Crippen molar-refractivity contribution in [2.24, 2.45) is 5.92 Å². The molecule has 2 atom stereocenters. The van der Waals surface area contributed by atoms with E-state index in [1.165, 1.54) is 13.8 Å². The minimum Gasteiger partial charge on any atom is -0.481 e. The molecule has 0 saturated heterocycles. The van der Waals surface area contributed by atoms with Crippen molar-refractivity contribution >= 4 is 31.2 Å². The lowest BCUT2D eigenvalue weighted by molar-refractivity contribution is -0.142. The summed E-state index contributed by atoms with van der Waals surface area (Å²) in [6, 6.07) is 13.0. The number of carbonyl (C=O) groups is 4. The first kappa shape index (κ1) is 28.7. The van der Waals surface area contributed by atoms with E-state index in [0.29, 0.717) is 23.5 Å². The Labute approximate surface area is 208 Å². The lowest BCUT2D eigenvalue weighted by Gasteiger charge is -2.22. The van der Waals surface area contributed by atoms with Gasteiger partial charge < -0.3 is 24.2 Å². The average Bonchev–Trinajstić information content (AvgIpc) is 2.80. The summed E-state index contributed by atoms with van der Waals surface area (Å²) in [5, 5.41) is 18.5. The molecular weight excluding hydrogens is 491 g/mol. The molecule has 0 bridgehead atoms. The van der Waals surface area contributed by atoms with E-state index in [9.17, 15) is 28.8 Å². The Morgan fingerprint density at radius 1 is 0.833 bits per heavy atom. The molecule has 2 rings (SSSR count). The molecule has 0 spiro atoms. The number of ether oxygens (including phenoxy) is 2. The van der Waals surface area contributed by atoms with E-state index in [1.54, 1.807) is 48.5 Å². The number of rotatable bonds is 14. The van der Waals surface area contributed by atoms with Crippen LogP contribution in [0.25, 0.3) is 0 Å². The van der Waals surface area contributed by atoms with Crippen LogP contribution < -0.4 is 9.47 Å². The van der Waals surface area contributed by atoms with Gasteiger partial charge in [-0.2, -0.15) is 0 Å². The zero-order valence-electron chi connectivity index (χ0n) is 20.0. The maximum Gasteiger partial charge on any atom is 0.308 e. The number of benzene rings is 2. The Balaban J connectivity index is 2.15. The predicted octanol–water partition coefficient (Wildman–Crippen LogP) is 4.14. The first-order chi connectivity index (χ1) is 17.0. The zero-order valence-corrected chi connectivity index (χ0v) is 20.9. The summed E-state index contributed by atoms with van der Waals surface area (Å²) in [6.07, 6.45) is -0.526. The van der Waals surface area contributed by atoms with Gasteiger partial charge in [-0.05, 0) is 48.2 Å². The fraction of sp³-hybridized carbons (Fsp3) is 0.360. The molecule has 11 heteroatoms. The molecule has 2 aromatic carbocycles. The maximum absolute atomic E-state index is 13.8. The summed E-state index contributed by atoms with van der Waals surface area (Å²) < 4.78 is 29.5. The van der Waals surface area contributed by atoms with Crippen molar-refractivity contribution in [2.75, 3.05) is 12.3 Å². The Morgan fingerprint density at radius 2 is 1.33 bits per heavy atom. The van der Waals surface area contributed by atoms with Crippen molar-refractivity contribution < 1.29 is 48.0 Å². The highest BCUT2D eigenvalue weighted by atomic mass is 31.2. The lowest BCUT2D eigenvalue weighted by atomic mass is 10.1. The fourth-order valence-corrected chi connectivity index (χ4v) is 5.75. The SMILES string of the molecule is CC(=O)Oc1ccc(CCP(=O)(CC(CCC(=O)O)C(=O)O)OCc2ccc(OC(C)=O)cc2)cc1. The van der Waals surface area contributed by atoms with Gasteiger partial charge in [-0.25, -0.2) is 0 Å². The van der Waals surface area contributed by atoms with Crippen LogP contribution in [0.2, 0.25) is 0 Å². The molecule has 2 unspecified atom stereocenters. The fourth-order valence-electron chi connectivity index (χ4n) is 3.34. The van der Waals surface area contributed by atoms with E-state index in [-0.39, 0.29) is 31.8 Å². The lowest BCUT2D eigenvalue weighted by Crippen LogP contribution is -2.21. The van der Waals surface area contributed by atoms with Crippen LogP contribution in [0.15, 0.2) is 48.5 Å². The monoisotopic (exact) mass is 520 g/mol. The number of esters is 2. The largest absolute Gasteiger partial charge is 0.481 e. The van der Waals surface area contributed by atoms with Gasteiger partial charge in [0.1, 0.15) is 11.5 Å². The molecule has 0 amide bonds. The quantitative estimate of drug-likeness (QED) is 0.211. The molecule has 194 valence electrons. The summed E-state index contributed by atoms with van der Waals surface area (Å²) in [4.78, 5) is 44.8. The predicted molar refractivity (Wildman–Crippen MR) is 129 cm³/mol. The third-order valence-corrected chi connectivity index (χ3v) is 7.63. The normalized spacial score (nSPS) is 13.3. The molecule has 0 fully saturated rings. The number of hydrogen-bond donors (Lipinski definition) is 2. The van der Waals surface area contributed by atoms with Crippen LogP contribution in [-0.4, -0.2) is 46.4 Å². The third-order valence-electron chi connectivity index (χ3n) is 5.13. The van der Waals surface area contributed by atoms with Gasteiger partial charge in [-0.15, -0.1) is 0 Å². The van der Waals surface area contributed by atoms with E-state index in [4.69, 9.17) is 19.1 Å². The van der Waals surface area contributed by atoms with Gasteiger partial charge in [-0.1, -0.05) is 24.3 Å².